The minimum atomic E-state index is -0.137. The number of hydrogen-bond donors (Lipinski definition) is 1. The predicted molar refractivity (Wildman–Crippen MR) is 113 cm³/mol. The van der Waals surface area contributed by atoms with Crippen LogP contribution in [0.15, 0.2) is 91.0 Å². The van der Waals surface area contributed by atoms with Gasteiger partial charge < -0.3 is 9.88 Å². The van der Waals surface area contributed by atoms with Gasteiger partial charge in [0.15, 0.2) is 0 Å². The number of imidazole rings is 1. The average Bonchev–Trinajstić information content (AvgIpc) is 3.10. The van der Waals surface area contributed by atoms with Gasteiger partial charge in [-0.25, -0.2) is 4.98 Å². The Hall–Kier alpha value is -3.66. The molecule has 0 bridgehead atoms. The Morgan fingerprint density at radius 1 is 0.893 bits per heavy atom. The van der Waals surface area contributed by atoms with Crippen LogP contribution in [-0.4, -0.2) is 15.5 Å². The highest BCUT2D eigenvalue weighted by Crippen LogP contribution is 2.18. The lowest BCUT2D eigenvalue weighted by Gasteiger charge is -2.10. The fourth-order valence-corrected chi connectivity index (χ4v) is 3.16. The lowest BCUT2D eigenvalue weighted by Crippen LogP contribution is -2.22. The Morgan fingerprint density at radius 2 is 1.57 bits per heavy atom. The molecule has 0 saturated heterocycles. The van der Waals surface area contributed by atoms with Crippen LogP contribution in [0.4, 0.5) is 0 Å². The molecule has 0 aliphatic rings. The smallest absolute Gasteiger partial charge is 0.244 e. The van der Waals surface area contributed by atoms with Crippen molar-refractivity contribution in [3.8, 4) is 0 Å². The van der Waals surface area contributed by atoms with E-state index in [1.807, 2.05) is 72.8 Å². The number of carbonyl (C=O) groups excluding carboxylic acids is 1. The first kappa shape index (κ1) is 17.7. The molecule has 4 rings (SSSR count). The van der Waals surface area contributed by atoms with Crippen LogP contribution in [0, 0.1) is 0 Å². The third-order valence-corrected chi connectivity index (χ3v) is 4.56. The van der Waals surface area contributed by atoms with Crippen molar-refractivity contribution in [2.45, 2.75) is 13.1 Å². The standard InChI is InChI=1S/C24H21N3O/c28-24(16-15-19-9-3-1-4-10-19)25-17-23-26-21-13-7-8-14-22(21)27(23)18-20-11-5-2-6-12-20/h1-16H,17-18H2,(H,25,28). The van der Waals surface area contributed by atoms with Gasteiger partial charge in [-0.1, -0.05) is 72.8 Å². The molecule has 4 nitrogen and oxygen atoms in total. The van der Waals surface area contributed by atoms with E-state index in [9.17, 15) is 4.79 Å². The van der Waals surface area contributed by atoms with Gasteiger partial charge in [-0.3, -0.25) is 4.79 Å². The maximum Gasteiger partial charge on any atom is 0.244 e. The van der Waals surface area contributed by atoms with Gasteiger partial charge in [0.05, 0.1) is 17.6 Å². The number of hydrogen-bond acceptors (Lipinski definition) is 2. The van der Waals surface area contributed by atoms with E-state index in [4.69, 9.17) is 4.98 Å². The Kier molecular flexibility index (Phi) is 5.29. The number of rotatable bonds is 6. The number of aromatic nitrogens is 2. The van der Waals surface area contributed by atoms with Gasteiger partial charge in [0, 0.05) is 12.6 Å². The summed E-state index contributed by atoms with van der Waals surface area (Å²) in [5, 5.41) is 2.95. The summed E-state index contributed by atoms with van der Waals surface area (Å²) in [6.07, 6.45) is 3.36. The first-order chi connectivity index (χ1) is 13.8. The first-order valence-electron chi connectivity index (χ1n) is 9.28. The molecule has 0 unspecified atom stereocenters. The highest BCUT2D eigenvalue weighted by Gasteiger charge is 2.11. The van der Waals surface area contributed by atoms with Gasteiger partial charge in [-0.2, -0.15) is 0 Å². The van der Waals surface area contributed by atoms with Gasteiger partial charge in [-0.05, 0) is 29.3 Å². The number of nitrogens with zero attached hydrogens (tertiary/aromatic N) is 2. The number of carbonyl (C=O) groups is 1. The van der Waals surface area contributed by atoms with Crippen molar-refractivity contribution in [3.05, 3.63) is 108 Å². The fraction of sp³-hybridized carbons (Fsp3) is 0.0833. The van der Waals surface area contributed by atoms with E-state index in [2.05, 4.69) is 28.1 Å². The topological polar surface area (TPSA) is 46.9 Å². The highest BCUT2D eigenvalue weighted by atomic mass is 16.1. The van der Waals surface area contributed by atoms with Crippen LogP contribution in [0.1, 0.15) is 17.0 Å². The van der Waals surface area contributed by atoms with Crippen LogP contribution in [0.25, 0.3) is 17.1 Å². The summed E-state index contributed by atoms with van der Waals surface area (Å²) < 4.78 is 2.16. The minimum Gasteiger partial charge on any atom is -0.345 e. The van der Waals surface area contributed by atoms with E-state index in [1.54, 1.807) is 6.08 Å². The predicted octanol–water partition coefficient (Wildman–Crippen LogP) is 4.41. The third kappa shape index (κ3) is 4.18. The Labute approximate surface area is 164 Å². The molecule has 138 valence electrons. The molecule has 0 spiro atoms. The zero-order valence-corrected chi connectivity index (χ0v) is 15.5. The molecule has 1 aromatic heterocycles. The van der Waals surface area contributed by atoms with Crippen molar-refractivity contribution in [1.29, 1.82) is 0 Å². The van der Waals surface area contributed by atoms with Crippen molar-refractivity contribution in [3.63, 3.8) is 0 Å². The van der Waals surface area contributed by atoms with Gasteiger partial charge in [-0.15, -0.1) is 0 Å². The van der Waals surface area contributed by atoms with Gasteiger partial charge >= 0.3 is 0 Å². The van der Waals surface area contributed by atoms with E-state index in [0.717, 1.165) is 22.4 Å². The second kappa shape index (κ2) is 8.35. The maximum absolute atomic E-state index is 12.2. The minimum absolute atomic E-state index is 0.137. The molecule has 0 radical (unpaired) electrons. The number of fused-ring (bicyclic) bond motifs is 1. The molecule has 0 atom stereocenters. The molecule has 1 heterocycles. The van der Waals surface area contributed by atoms with Crippen LogP contribution in [0.3, 0.4) is 0 Å². The molecule has 1 amide bonds. The van der Waals surface area contributed by atoms with Crippen LogP contribution in [0.2, 0.25) is 0 Å². The molecule has 0 aliphatic carbocycles. The zero-order valence-electron chi connectivity index (χ0n) is 15.5. The molecular weight excluding hydrogens is 346 g/mol. The van der Waals surface area contributed by atoms with Gasteiger partial charge in [0.2, 0.25) is 5.91 Å². The summed E-state index contributed by atoms with van der Waals surface area (Å²) in [5.41, 5.74) is 4.19. The summed E-state index contributed by atoms with van der Waals surface area (Å²) in [7, 11) is 0. The van der Waals surface area contributed by atoms with E-state index in [-0.39, 0.29) is 5.91 Å². The highest BCUT2D eigenvalue weighted by molar-refractivity contribution is 5.91. The summed E-state index contributed by atoms with van der Waals surface area (Å²) in [6.45, 7) is 1.09. The fourth-order valence-electron chi connectivity index (χ4n) is 3.16. The summed E-state index contributed by atoms with van der Waals surface area (Å²) in [5.74, 6) is 0.702. The summed E-state index contributed by atoms with van der Waals surface area (Å²) in [6, 6.07) is 28.1. The van der Waals surface area contributed by atoms with Crippen molar-refractivity contribution >= 4 is 23.0 Å². The van der Waals surface area contributed by atoms with Gasteiger partial charge in [0.1, 0.15) is 5.82 Å². The summed E-state index contributed by atoms with van der Waals surface area (Å²) in [4.78, 5) is 17.0. The second-order valence-corrected chi connectivity index (χ2v) is 6.55. The Balaban J connectivity index is 1.52. The van der Waals surface area contributed by atoms with Crippen molar-refractivity contribution in [2.24, 2.45) is 0 Å². The van der Waals surface area contributed by atoms with E-state index >= 15 is 0 Å². The quantitative estimate of drug-likeness (QED) is 0.513. The molecule has 3 aromatic carbocycles. The Bertz CT molecular complexity index is 1100. The van der Waals surface area contributed by atoms with Crippen molar-refractivity contribution in [1.82, 2.24) is 14.9 Å². The normalized spacial score (nSPS) is 11.1. The van der Waals surface area contributed by atoms with Crippen LogP contribution in [0.5, 0.6) is 0 Å². The van der Waals surface area contributed by atoms with Crippen LogP contribution < -0.4 is 5.32 Å². The molecule has 1 N–H and O–H groups in total. The monoisotopic (exact) mass is 367 g/mol. The molecular formula is C24H21N3O. The second-order valence-electron chi connectivity index (χ2n) is 6.55. The first-order valence-corrected chi connectivity index (χ1v) is 9.28. The lowest BCUT2D eigenvalue weighted by molar-refractivity contribution is -0.116. The maximum atomic E-state index is 12.2. The number of nitrogens with one attached hydrogen (secondary N) is 1. The molecule has 4 heteroatoms. The van der Waals surface area contributed by atoms with Crippen molar-refractivity contribution < 1.29 is 4.79 Å². The SMILES string of the molecule is O=C(C=Cc1ccccc1)NCc1nc2ccccc2n1Cc1ccccc1. The van der Waals surface area contributed by atoms with Crippen LogP contribution >= 0.6 is 0 Å². The van der Waals surface area contributed by atoms with Gasteiger partial charge in [0.25, 0.3) is 0 Å². The Morgan fingerprint density at radius 3 is 2.36 bits per heavy atom. The lowest BCUT2D eigenvalue weighted by atomic mass is 10.2. The van der Waals surface area contributed by atoms with Crippen molar-refractivity contribution in [2.75, 3.05) is 0 Å². The third-order valence-electron chi connectivity index (χ3n) is 4.56. The number of benzene rings is 3. The van der Waals surface area contributed by atoms with E-state index in [1.165, 1.54) is 5.56 Å². The van der Waals surface area contributed by atoms with E-state index in [0.29, 0.717) is 13.1 Å². The number of amides is 1. The summed E-state index contributed by atoms with van der Waals surface area (Å²) >= 11 is 0. The van der Waals surface area contributed by atoms with E-state index < -0.39 is 0 Å². The average molecular weight is 367 g/mol. The molecule has 0 saturated carbocycles. The molecule has 0 fully saturated rings. The largest absolute Gasteiger partial charge is 0.345 e. The zero-order chi connectivity index (χ0) is 19.2. The van der Waals surface area contributed by atoms with Crippen LogP contribution in [-0.2, 0) is 17.9 Å². The molecule has 28 heavy (non-hydrogen) atoms. The number of para-hydroxylation sites is 2. The molecule has 0 aliphatic heterocycles. The molecule has 4 aromatic rings.